The standard InChI is InChI=1S/C16H24FNO/c1-4-9-18-16(11(2)12-5-6-12)14-8-7-13(19-3)10-15(14)17/h7-8,10-12,16,18H,4-6,9H2,1-3H3. The van der Waals surface area contributed by atoms with E-state index in [0.717, 1.165) is 24.4 Å². The van der Waals surface area contributed by atoms with Crippen molar-refractivity contribution < 1.29 is 9.13 Å². The summed E-state index contributed by atoms with van der Waals surface area (Å²) in [5, 5.41) is 3.50. The second kappa shape index (κ2) is 6.38. The van der Waals surface area contributed by atoms with Crippen molar-refractivity contribution in [2.45, 2.75) is 39.2 Å². The van der Waals surface area contributed by atoms with Gasteiger partial charge in [-0.15, -0.1) is 0 Å². The summed E-state index contributed by atoms with van der Waals surface area (Å²) in [5.41, 5.74) is 0.772. The van der Waals surface area contributed by atoms with Gasteiger partial charge in [0.25, 0.3) is 0 Å². The third-order valence-corrected chi connectivity index (χ3v) is 4.05. The van der Waals surface area contributed by atoms with E-state index in [1.54, 1.807) is 7.11 Å². The molecule has 1 aliphatic carbocycles. The maximum absolute atomic E-state index is 14.2. The van der Waals surface area contributed by atoms with Crippen LogP contribution in [-0.2, 0) is 0 Å². The highest BCUT2D eigenvalue weighted by Gasteiger charge is 2.34. The Morgan fingerprint density at radius 2 is 2.16 bits per heavy atom. The van der Waals surface area contributed by atoms with E-state index in [4.69, 9.17) is 4.74 Å². The Labute approximate surface area is 115 Å². The minimum atomic E-state index is -0.166. The van der Waals surface area contributed by atoms with Gasteiger partial charge in [0.15, 0.2) is 0 Å². The molecule has 0 bridgehead atoms. The van der Waals surface area contributed by atoms with Crippen molar-refractivity contribution >= 4 is 0 Å². The van der Waals surface area contributed by atoms with Crippen LogP contribution in [0, 0.1) is 17.7 Å². The Morgan fingerprint density at radius 3 is 2.68 bits per heavy atom. The summed E-state index contributed by atoms with van der Waals surface area (Å²) in [6, 6.07) is 5.30. The van der Waals surface area contributed by atoms with E-state index in [0.29, 0.717) is 11.7 Å². The first kappa shape index (κ1) is 14.3. The predicted molar refractivity (Wildman–Crippen MR) is 75.9 cm³/mol. The molecule has 1 N–H and O–H groups in total. The van der Waals surface area contributed by atoms with E-state index >= 15 is 0 Å². The van der Waals surface area contributed by atoms with E-state index in [1.807, 2.05) is 12.1 Å². The Morgan fingerprint density at radius 1 is 1.42 bits per heavy atom. The minimum Gasteiger partial charge on any atom is -0.497 e. The molecule has 1 aliphatic rings. The maximum Gasteiger partial charge on any atom is 0.131 e. The van der Waals surface area contributed by atoms with Gasteiger partial charge in [0, 0.05) is 17.7 Å². The van der Waals surface area contributed by atoms with E-state index in [9.17, 15) is 4.39 Å². The topological polar surface area (TPSA) is 21.3 Å². The smallest absolute Gasteiger partial charge is 0.131 e. The van der Waals surface area contributed by atoms with Crippen LogP contribution in [0.1, 0.15) is 44.7 Å². The second-order valence-corrected chi connectivity index (χ2v) is 5.52. The average Bonchev–Trinajstić information content (AvgIpc) is 3.24. The number of rotatable bonds is 7. The lowest BCUT2D eigenvalue weighted by Crippen LogP contribution is -2.29. The van der Waals surface area contributed by atoms with Crippen LogP contribution in [0.5, 0.6) is 5.75 Å². The quantitative estimate of drug-likeness (QED) is 0.806. The summed E-state index contributed by atoms with van der Waals surface area (Å²) in [6.45, 7) is 5.29. The molecule has 106 valence electrons. The van der Waals surface area contributed by atoms with Crippen molar-refractivity contribution in [1.29, 1.82) is 0 Å². The zero-order chi connectivity index (χ0) is 13.8. The van der Waals surface area contributed by atoms with E-state index < -0.39 is 0 Å². The summed E-state index contributed by atoms with van der Waals surface area (Å²) in [6.07, 6.45) is 3.62. The van der Waals surface area contributed by atoms with Crippen LogP contribution in [0.15, 0.2) is 18.2 Å². The number of hydrogen-bond donors (Lipinski definition) is 1. The van der Waals surface area contributed by atoms with Crippen LogP contribution < -0.4 is 10.1 Å². The molecule has 19 heavy (non-hydrogen) atoms. The van der Waals surface area contributed by atoms with Crippen LogP contribution in [-0.4, -0.2) is 13.7 Å². The third kappa shape index (κ3) is 3.47. The van der Waals surface area contributed by atoms with Crippen molar-refractivity contribution in [2.24, 2.45) is 11.8 Å². The molecule has 1 aromatic carbocycles. The zero-order valence-electron chi connectivity index (χ0n) is 12.1. The minimum absolute atomic E-state index is 0.110. The number of halogens is 1. The van der Waals surface area contributed by atoms with Gasteiger partial charge in [-0.1, -0.05) is 19.9 Å². The van der Waals surface area contributed by atoms with Gasteiger partial charge in [-0.2, -0.15) is 0 Å². The third-order valence-electron chi connectivity index (χ3n) is 4.05. The highest BCUT2D eigenvalue weighted by Crippen LogP contribution is 2.43. The lowest BCUT2D eigenvalue weighted by Gasteiger charge is -2.26. The summed E-state index contributed by atoms with van der Waals surface area (Å²) >= 11 is 0. The van der Waals surface area contributed by atoms with Gasteiger partial charge in [0.1, 0.15) is 11.6 Å². The largest absolute Gasteiger partial charge is 0.497 e. The van der Waals surface area contributed by atoms with Crippen LogP contribution >= 0.6 is 0 Å². The number of hydrogen-bond acceptors (Lipinski definition) is 2. The van der Waals surface area contributed by atoms with Gasteiger partial charge < -0.3 is 10.1 Å². The Kier molecular flexibility index (Phi) is 4.81. The molecule has 3 heteroatoms. The van der Waals surface area contributed by atoms with Crippen LogP contribution in [0.2, 0.25) is 0 Å². The van der Waals surface area contributed by atoms with Crippen molar-refractivity contribution in [3.05, 3.63) is 29.6 Å². The molecule has 2 atom stereocenters. The highest BCUT2D eigenvalue weighted by atomic mass is 19.1. The number of nitrogens with one attached hydrogen (secondary N) is 1. The molecular formula is C16H24FNO. The molecule has 0 spiro atoms. The Balaban J connectivity index is 2.20. The second-order valence-electron chi connectivity index (χ2n) is 5.52. The molecular weight excluding hydrogens is 241 g/mol. The van der Waals surface area contributed by atoms with Crippen molar-refractivity contribution in [2.75, 3.05) is 13.7 Å². The van der Waals surface area contributed by atoms with Gasteiger partial charge in [0.2, 0.25) is 0 Å². The first-order chi connectivity index (χ1) is 9.17. The average molecular weight is 265 g/mol. The molecule has 1 saturated carbocycles. The number of methoxy groups -OCH3 is 1. The fraction of sp³-hybridized carbons (Fsp3) is 0.625. The monoisotopic (exact) mass is 265 g/mol. The summed E-state index contributed by atoms with van der Waals surface area (Å²) in [5.74, 6) is 1.64. The molecule has 2 nitrogen and oxygen atoms in total. The molecule has 0 aliphatic heterocycles. The number of benzene rings is 1. The summed E-state index contributed by atoms with van der Waals surface area (Å²) in [7, 11) is 1.56. The zero-order valence-corrected chi connectivity index (χ0v) is 12.1. The Bertz CT molecular complexity index is 417. The van der Waals surface area contributed by atoms with Crippen molar-refractivity contribution in [3.63, 3.8) is 0 Å². The fourth-order valence-electron chi connectivity index (χ4n) is 2.66. The molecule has 2 unspecified atom stereocenters. The molecule has 1 fully saturated rings. The van der Waals surface area contributed by atoms with E-state index in [1.165, 1.54) is 18.9 Å². The first-order valence-corrected chi connectivity index (χ1v) is 7.24. The first-order valence-electron chi connectivity index (χ1n) is 7.24. The Hall–Kier alpha value is -1.09. The SMILES string of the molecule is CCCNC(c1ccc(OC)cc1F)C(C)C1CC1. The van der Waals surface area contributed by atoms with Gasteiger partial charge >= 0.3 is 0 Å². The highest BCUT2D eigenvalue weighted by molar-refractivity contribution is 5.31. The van der Waals surface area contributed by atoms with Crippen LogP contribution in [0.3, 0.4) is 0 Å². The predicted octanol–water partition coefficient (Wildman–Crippen LogP) is 3.92. The van der Waals surface area contributed by atoms with Gasteiger partial charge in [-0.05, 0) is 43.7 Å². The van der Waals surface area contributed by atoms with Crippen LogP contribution in [0.25, 0.3) is 0 Å². The lowest BCUT2D eigenvalue weighted by atomic mass is 9.90. The maximum atomic E-state index is 14.2. The van der Waals surface area contributed by atoms with Crippen molar-refractivity contribution in [3.8, 4) is 5.75 Å². The molecule has 1 aromatic rings. The fourth-order valence-corrected chi connectivity index (χ4v) is 2.66. The van der Waals surface area contributed by atoms with Gasteiger partial charge in [-0.3, -0.25) is 0 Å². The molecule has 0 saturated heterocycles. The summed E-state index contributed by atoms with van der Waals surface area (Å²) < 4.78 is 19.3. The lowest BCUT2D eigenvalue weighted by molar-refractivity contribution is 0.339. The molecule has 0 amide bonds. The molecule has 2 rings (SSSR count). The normalized spacial score (nSPS) is 18.1. The van der Waals surface area contributed by atoms with Crippen molar-refractivity contribution in [1.82, 2.24) is 5.32 Å². The molecule has 0 radical (unpaired) electrons. The van der Waals surface area contributed by atoms with Gasteiger partial charge in [0.05, 0.1) is 7.11 Å². The molecule has 0 heterocycles. The molecule has 0 aromatic heterocycles. The number of ether oxygens (including phenoxy) is 1. The van der Waals surface area contributed by atoms with E-state index in [2.05, 4.69) is 19.2 Å². The van der Waals surface area contributed by atoms with Gasteiger partial charge in [-0.25, -0.2) is 4.39 Å². The van der Waals surface area contributed by atoms with E-state index in [-0.39, 0.29) is 11.9 Å². The van der Waals surface area contributed by atoms with Crippen LogP contribution in [0.4, 0.5) is 4.39 Å². The summed E-state index contributed by atoms with van der Waals surface area (Å²) in [4.78, 5) is 0.